The lowest BCUT2D eigenvalue weighted by Gasteiger charge is -2.12. The number of aromatic nitrogens is 2. The van der Waals surface area contributed by atoms with Crippen LogP contribution in [0.3, 0.4) is 0 Å². The molecule has 150 valence electrons. The lowest BCUT2D eigenvalue weighted by atomic mass is 10.2. The number of nitrogens with one attached hydrogen (secondary N) is 1. The van der Waals surface area contributed by atoms with Crippen molar-refractivity contribution in [2.75, 3.05) is 11.9 Å². The van der Waals surface area contributed by atoms with Gasteiger partial charge in [0.15, 0.2) is 6.61 Å². The number of fused-ring (bicyclic) bond motifs is 1. The number of anilines is 1. The molecule has 0 radical (unpaired) electrons. The zero-order valence-electron chi connectivity index (χ0n) is 16.1. The summed E-state index contributed by atoms with van der Waals surface area (Å²) in [6, 6.07) is 21.0. The normalized spacial score (nSPS) is 10.7. The van der Waals surface area contributed by atoms with E-state index in [1.165, 1.54) is 0 Å². The van der Waals surface area contributed by atoms with Gasteiger partial charge in [0.2, 0.25) is 0 Å². The van der Waals surface area contributed by atoms with E-state index in [2.05, 4.69) is 10.3 Å². The van der Waals surface area contributed by atoms with Crippen LogP contribution in [0.5, 0.6) is 5.75 Å². The second-order valence-electron chi connectivity index (χ2n) is 6.65. The fourth-order valence-corrected chi connectivity index (χ4v) is 3.24. The Bertz CT molecular complexity index is 1270. The van der Waals surface area contributed by atoms with Crippen molar-refractivity contribution < 1.29 is 9.53 Å². The minimum absolute atomic E-state index is 0.128. The third-order valence-corrected chi connectivity index (χ3v) is 4.79. The SMILES string of the molecule is Cc1nc2ccccc2c(=O)n1-c1ccc(NC(=O)COc2ccc(Cl)cc2)cc1. The lowest BCUT2D eigenvalue weighted by molar-refractivity contribution is -0.118. The molecule has 7 heteroatoms. The predicted octanol–water partition coefficient (Wildman–Crippen LogP) is 4.37. The molecule has 1 amide bonds. The van der Waals surface area contributed by atoms with Gasteiger partial charge in [0.25, 0.3) is 11.5 Å². The molecule has 1 heterocycles. The van der Waals surface area contributed by atoms with Crippen molar-refractivity contribution in [1.82, 2.24) is 9.55 Å². The molecule has 6 nitrogen and oxygen atoms in total. The Kier molecular flexibility index (Phi) is 5.50. The topological polar surface area (TPSA) is 73.2 Å². The molecule has 0 aliphatic carbocycles. The van der Waals surface area contributed by atoms with Gasteiger partial charge >= 0.3 is 0 Å². The highest BCUT2D eigenvalue weighted by Gasteiger charge is 2.10. The third kappa shape index (κ3) is 4.18. The number of rotatable bonds is 5. The smallest absolute Gasteiger partial charge is 0.265 e. The first-order chi connectivity index (χ1) is 14.5. The molecule has 1 N–H and O–H groups in total. The second kappa shape index (κ2) is 8.39. The molecule has 0 saturated heterocycles. The lowest BCUT2D eigenvalue weighted by Crippen LogP contribution is -2.22. The van der Waals surface area contributed by atoms with Crippen LogP contribution in [0.15, 0.2) is 77.6 Å². The molecule has 4 aromatic rings. The minimum Gasteiger partial charge on any atom is -0.484 e. The molecule has 0 unspecified atom stereocenters. The molecule has 30 heavy (non-hydrogen) atoms. The summed E-state index contributed by atoms with van der Waals surface area (Å²) in [4.78, 5) is 29.5. The van der Waals surface area contributed by atoms with Crippen molar-refractivity contribution in [3.05, 3.63) is 94.0 Å². The van der Waals surface area contributed by atoms with Gasteiger partial charge in [-0.05, 0) is 67.6 Å². The maximum atomic E-state index is 12.9. The maximum Gasteiger partial charge on any atom is 0.265 e. The molecule has 4 rings (SSSR count). The standard InChI is InChI=1S/C23H18ClN3O3/c1-15-25-21-5-3-2-4-20(21)23(29)27(15)18-10-8-17(9-11-18)26-22(28)14-30-19-12-6-16(24)7-13-19/h2-13H,14H2,1H3,(H,26,28). The number of ether oxygens (including phenoxy) is 1. The van der Waals surface area contributed by atoms with Crippen molar-refractivity contribution in [1.29, 1.82) is 0 Å². The van der Waals surface area contributed by atoms with Gasteiger partial charge in [-0.2, -0.15) is 0 Å². The van der Waals surface area contributed by atoms with E-state index < -0.39 is 0 Å². The molecule has 1 aromatic heterocycles. The molecule has 0 fully saturated rings. The van der Waals surface area contributed by atoms with Gasteiger partial charge in [0.05, 0.1) is 16.6 Å². The Hall–Kier alpha value is -3.64. The summed E-state index contributed by atoms with van der Waals surface area (Å²) in [5.41, 5.74) is 1.81. The number of benzene rings is 3. The first-order valence-corrected chi connectivity index (χ1v) is 9.66. The van der Waals surface area contributed by atoms with Gasteiger partial charge in [-0.1, -0.05) is 23.7 Å². The monoisotopic (exact) mass is 419 g/mol. The van der Waals surface area contributed by atoms with Gasteiger partial charge in [-0.25, -0.2) is 4.98 Å². The van der Waals surface area contributed by atoms with Crippen LogP contribution in [0.25, 0.3) is 16.6 Å². The fraction of sp³-hybridized carbons (Fsp3) is 0.0870. The highest BCUT2D eigenvalue weighted by atomic mass is 35.5. The molecule has 3 aromatic carbocycles. The molecule has 0 spiro atoms. The number of hydrogen-bond donors (Lipinski definition) is 1. The number of amides is 1. The number of para-hydroxylation sites is 1. The highest BCUT2D eigenvalue weighted by Crippen LogP contribution is 2.17. The molecular weight excluding hydrogens is 402 g/mol. The number of carbonyl (C=O) groups excluding carboxylic acids is 1. The van der Waals surface area contributed by atoms with Crippen LogP contribution in [0.4, 0.5) is 5.69 Å². The van der Waals surface area contributed by atoms with Crippen LogP contribution < -0.4 is 15.6 Å². The van der Waals surface area contributed by atoms with Crippen LogP contribution in [0.2, 0.25) is 5.02 Å². The Morgan fingerprint density at radius 1 is 1.03 bits per heavy atom. The average Bonchev–Trinajstić information content (AvgIpc) is 2.74. The number of aryl methyl sites for hydroxylation is 1. The molecule has 0 saturated carbocycles. The quantitative estimate of drug-likeness (QED) is 0.521. The summed E-state index contributed by atoms with van der Waals surface area (Å²) < 4.78 is 6.99. The van der Waals surface area contributed by atoms with Crippen molar-refractivity contribution in [3.8, 4) is 11.4 Å². The van der Waals surface area contributed by atoms with E-state index >= 15 is 0 Å². The van der Waals surface area contributed by atoms with E-state index in [0.717, 1.165) is 0 Å². The van der Waals surface area contributed by atoms with Crippen LogP contribution in [-0.2, 0) is 4.79 Å². The Labute approximate surface area is 177 Å². The number of nitrogens with zero attached hydrogens (tertiary/aromatic N) is 2. The molecule has 0 atom stereocenters. The van der Waals surface area contributed by atoms with Gasteiger partial charge in [0.1, 0.15) is 11.6 Å². The fourth-order valence-electron chi connectivity index (χ4n) is 3.12. The highest BCUT2D eigenvalue weighted by molar-refractivity contribution is 6.30. The van der Waals surface area contributed by atoms with Crippen molar-refractivity contribution in [2.24, 2.45) is 0 Å². The summed E-state index contributed by atoms with van der Waals surface area (Å²) in [7, 11) is 0. The van der Waals surface area contributed by atoms with Crippen molar-refractivity contribution in [2.45, 2.75) is 6.92 Å². The van der Waals surface area contributed by atoms with Crippen LogP contribution in [0.1, 0.15) is 5.82 Å². The van der Waals surface area contributed by atoms with Crippen LogP contribution in [0, 0.1) is 6.92 Å². The molecule has 0 aliphatic heterocycles. The van der Waals surface area contributed by atoms with E-state index in [-0.39, 0.29) is 18.1 Å². The summed E-state index contributed by atoms with van der Waals surface area (Å²) >= 11 is 5.83. The van der Waals surface area contributed by atoms with Crippen LogP contribution >= 0.6 is 11.6 Å². The van der Waals surface area contributed by atoms with Crippen molar-refractivity contribution >= 4 is 34.1 Å². The molecule has 0 bridgehead atoms. The van der Waals surface area contributed by atoms with Gasteiger partial charge in [-0.3, -0.25) is 14.2 Å². The number of hydrogen-bond acceptors (Lipinski definition) is 4. The summed E-state index contributed by atoms with van der Waals surface area (Å²) in [6.45, 7) is 1.66. The first-order valence-electron chi connectivity index (χ1n) is 9.28. The van der Waals surface area contributed by atoms with E-state index in [0.29, 0.717) is 38.9 Å². The van der Waals surface area contributed by atoms with Crippen LogP contribution in [-0.4, -0.2) is 22.1 Å². The number of carbonyl (C=O) groups is 1. The summed E-state index contributed by atoms with van der Waals surface area (Å²) in [5.74, 6) is 0.855. The molecule has 0 aliphatic rings. The number of halogens is 1. The Morgan fingerprint density at radius 3 is 2.47 bits per heavy atom. The predicted molar refractivity (Wildman–Crippen MR) is 118 cm³/mol. The van der Waals surface area contributed by atoms with Gasteiger partial charge < -0.3 is 10.1 Å². The zero-order chi connectivity index (χ0) is 21.1. The Morgan fingerprint density at radius 2 is 1.73 bits per heavy atom. The maximum absolute atomic E-state index is 12.9. The van der Waals surface area contributed by atoms with Crippen molar-refractivity contribution in [3.63, 3.8) is 0 Å². The molecular formula is C23H18ClN3O3. The summed E-state index contributed by atoms with van der Waals surface area (Å²) in [6.07, 6.45) is 0. The van der Waals surface area contributed by atoms with E-state index in [1.54, 1.807) is 66.1 Å². The zero-order valence-corrected chi connectivity index (χ0v) is 16.9. The average molecular weight is 420 g/mol. The third-order valence-electron chi connectivity index (χ3n) is 4.54. The largest absolute Gasteiger partial charge is 0.484 e. The van der Waals surface area contributed by atoms with Gasteiger partial charge in [0, 0.05) is 10.7 Å². The van der Waals surface area contributed by atoms with E-state index in [4.69, 9.17) is 16.3 Å². The van der Waals surface area contributed by atoms with E-state index in [9.17, 15) is 9.59 Å². The second-order valence-corrected chi connectivity index (χ2v) is 7.09. The Balaban J connectivity index is 1.48. The van der Waals surface area contributed by atoms with E-state index in [1.807, 2.05) is 18.2 Å². The summed E-state index contributed by atoms with van der Waals surface area (Å²) in [5, 5.41) is 3.92. The van der Waals surface area contributed by atoms with Gasteiger partial charge in [-0.15, -0.1) is 0 Å². The minimum atomic E-state index is -0.293. The first kappa shape index (κ1) is 19.7.